The number of nitrogens with two attached hydrogens (primary N) is 2. The Kier molecular flexibility index (Phi) is 7.12. The molecule has 0 aromatic heterocycles. The summed E-state index contributed by atoms with van der Waals surface area (Å²) in [6, 6.07) is 6.86. The number of nitrogens with zero attached hydrogens (tertiary/aromatic N) is 2. The first-order valence-corrected chi connectivity index (χ1v) is 7.09. The van der Waals surface area contributed by atoms with Crippen LogP contribution < -0.4 is 11.7 Å². The monoisotopic (exact) mass is 346 g/mol. The fourth-order valence-corrected chi connectivity index (χ4v) is 2.02. The molecule has 1 rings (SSSR count). The largest absolute Gasteiger partial charge is 0.392 e. The standard InChI is InChI=1S/C15H18ClF3N4/c1-2-11(6-5-9-15(17,18)19)10-23(21)14(22-20)12-7-3-4-8-13(12)16/h2-8H,9-10,20-21H2,1H3/b6-5-,11-2+,22-14-. The summed E-state index contributed by atoms with van der Waals surface area (Å²) < 4.78 is 36.5. The molecule has 23 heavy (non-hydrogen) atoms. The number of hydrazone groups is 1. The molecule has 0 aliphatic heterocycles. The SMILES string of the molecule is C/C=C(\C=C/CC(F)(F)F)CN(N)/C(=N\N)c1ccccc1Cl. The maximum atomic E-state index is 12.2. The van der Waals surface area contributed by atoms with E-state index in [4.69, 9.17) is 23.3 Å². The van der Waals surface area contributed by atoms with Gasteiger partial charge in [-0.25, -0.2) is 5.84 Å². The van der Waals surface area contributed by atoms with Crippen molar-refractivity contribution in [1.82, 2.24) is 5.01 Å². The highest BCUT2D eigenvalue weighted by Gasteiger charge is 2.24. The zero-order chi connectivity index (χ0) is 17.5. The molecule has 0 aliphatic rings. The van der Waals surface area contributed by atoms with E-state index in [9.17, 15) is 13.2 Å². The minimum atomic E-state index is -4.24. The first-order valence-electron chi connectivity index (χ1n) is 6.72. The van der Waals surface area contributed by atoms with E-state index < -0.39 is 12.6 Å². The van der Waals surface area contributed by atoms with Gasteiger partial charge in [-0.1, -0.05) is 42.0 Å². The van der Waals surface area contributed by atoms with Gasteiger partial charge in [0, 0.05) is 5.56 Å². The summed E-state index contributed by atoms with van der Waals surface area (Å²) in [5.41, 5.74) is 1.12. The third-order valence-corrected chi connectivity index (χ3v) is 3.24. The maximum absolute atomic E-state index is 12.2. The fraction of sp³-hybridized carbons (Fsp3) is 0.267. The van der Waals surface area contributed by atoms with Crippen LogP contribution in [0.2, 0.25) is 5.02 Å². The lowest BCUT2D eigenvalue weighted by molar-refractivity contribution is -0.125. The molecular weight excluding hydrogens is 329 g/mol. The topological polar surface area (TPSA) is 67.6 Å². The summed E-state index contributed by atoms with van der Waals surface area (Å²) in [5.74, 6) is 11.5. The first-order chi connectivity index (χ1) is 10.8. The fourth-order valence-electron chi connectivity index (χ4n) is 1.80. The average Bonchev–Trinajstić information content (AvgIpc) is 2.47. The Hall–Kier alpha value is -1.99. The predicted octanol–water partition coefficient (Wildman–Crippen LogP) is 3.59. The quantitative estimate of drug-likeness (QED) is 0.281. The van der Waals surface area contributed by atoms with Gasteiger partial charge in [0.05, 0.1) is 18.0 Å². The van der Waals surface area contributed by atoms with Gasteiger partial charge < -0.3 is 5.84 Å². The van der Waals surface area contributed by atoms with E-state index in [0.717, 1.165) is 6.08 Å². The molecule has 0 spiro atoms. The number of hydrogen-bond acceptors (Lipinski definition) is 3. The van der Waals surface area contributed by atoms with E-state index in [0.29, 0.717) is 16.2 Å². The van der Waals surface area contributed by atoms with Crippen molar-refractivity contribution >= 4 is 17.4 Å². The number of alkyl halides is 3. The zero-order valence-electron chi connectivity index (χ0n) is 12.5. The van der Waals surface area contributed by atoms with Gasteiger partial charge in [-0.05, 0) is 24.6 Å². The number of rotatable bonds is 5. The molecule has 0 saturated heterocycles. The Labute approximate surface area is 137 Å². The van der Waals surface area contributed by atoms with Crippen molar-refractivity contribution < 1.29 is 13.2 Å². The lowest BCUT2D eigenvalue weighted by Gasteiger charge is -2.21. The van der Waals surface area contributed by atoms with Gasteiger partial charge >= 0.3 is 6.18 Å². The van der Waals surface area contributed by atoms with Crippen LogP contribution in [0.5, 0.6) is 0 Å². The lowest BCUT2D eigenvalue weighted by Crippen LogP contribution is -2.40. The van der Waals surface area contributed by atoms with Crippen LogP contribution in [0, 0.1) is 0 Å². The van der Waals surface area contributed by atoms with E-state index in [1.54, 1.807) is 37.3 Å². The highest BCUT2D eigenvalue weighted by molar-refractivity contribution is 6.34. The minimum Gasteiger partial charge on any atom is -0.321 e. The number of benzene rings is 1. The normalized spacial score (nSPS) is 13.7. The van der Waals surface area contributed by atoms with Crippen LogP contribution in [0.25, 0.3) is 0 Å². The zero-order valence-corrected chi connectivity index (χ0v) is 13.3. The molecule has 126 valence electrons. The number of hydrogen-bond donors (Lipinski definition) is 2. The predicted molar refractivity (Wildman–Crippen MR) is 86.6 cm³/mol. The van der Waals surface area contributed by atoms with Crippen molar-refractivity contribution in [3.05, 3.63) is 58.7 Å². The molecule has 0 atom stereocenters. The van der Waals surface area contributed by atoms with Crippen LogP contribution in [0.15, 0.2) is 53.2 Å². The number of halogens is 4. The lowest BCUT2D eigenvalue weighted by atomic mass is 10.1. The average molecular weight is 347 g/mol. The van der Waals surface area contributed by atoms with Crippen LogP contribution in [0.1, 0.15) is 18.9 Å². The molecule has 1 aromatic rings. The van der Waals surface area contributed by atoms with Crippen LogP contribution in [-0.2, 0) is 0 Å². The van der Waals surface area contributed by atoms with Gasteiger partial charge in [-0.3, -0.25) is 5.01 Å². The second-order valence-electron chi connectivity index (χ2n) is 4.65. The molecule has 0 fully saturated rings. The molecule has 0 amide bonds. The second-order valence-corrected chi connectivity index (χ2v) is 5.05. The summed E-state index contributed by atoms with van der Waals surface area (Å²) in [5, 5.41) is 5.28. The second kappa shape index (κ2) is 8.59. The molecular formula is C15H18ClF3N4. The maximum Gasteiger partial charge on any atom is 0.392 e. The van der Waals surface area contributed by atoms with Gasteiger partial charge in [-0.15, -0.1) is 0 Å². The summed E-state index contributed by atoms with van der Waals surface area (Å²) in [6.07, 6.45) is -1.17. The Morgan fingerprint density at radius 1 is 1.35 bits per heavy atom. The summed E-state index contributed by atoms with van der Waals surface area (Å²) in [7, 11) is 0. The van der Waals surface area contributed by atoms with E-state index in [-0.39, 0.29) is 12.4 Å². The van der Waals surface area contributed by atoms with Crippen molar-refractivity contribution in [1.29, 1.82) is 0 Å². The molecule has 0 saturated carbocycles. The summed E-state index contributed by atoms with van der Waals surface area (Å²) in [4.78, 5) is 0. The first kappa shape index (κ1) is 19.1. The summed E-state index contributed by atoms with van der Waals surface area (Å²) >= 11 is 6.07. The third-order valence-electron chi connectivity index (χ3n) is 2.91. The Balaban J connectivity index is 2.83. The number of allylic oxidation sites excluding steroid dienone is 2. The van der Waals surface area contributed by atoms with Crippen LogP contribution in [0.3, 0.4) is 0 Å². The van der Waals surface area contributed by atoms with E-state index in [2.05, 4.69) is 5.10 Å². The van der Waals surface area contributed by atoms with E-state index in [1.807, 2.05) is 0 Å². The van der Waals surface area contributed by atoms with Crippen LogP contribution >= 0.6 is 11.6 Å². The van der Waals surface area contributed by atoms with Gasteiger partial charge in [0.25, 0.3) is 0 Å². The molecule has 1 aromatic carbocycles. The number of amidine groups is 1. The van der Waals surface area contributed by atoms with Gasteiger partial charge in [-0.2, -0.15) is 18.3 Å². The van der Waals surface area contributed by atoms with Gasteiger partial charge in [0.1, 0.15) is 0 Å². The van der Waals surface area contributed by atoms with E-state index in [1.165, 1.54) is 11.1 Å². The van der Waals surface area contributed by atoms with Crippen LogP contribution in [0.4, 0.5) is 13.2 Å². The number of hydrazine groups is 1. The van der Waals surface area contributed by atoms with Crippen molar-refractivity contribution in [3.8, 4) is 0 Å². The molecule has 0 unspecified atom stereocenters. The minimum absolute atomic E-state index is 0.131. The molecule has 0 radical (unpaired) electrons. The molecule has 8 heteroatoms. The Bertz CT molecular complexity index is 609. The van der Waals surface area contributed by atoms with Crippen molar-refractivity contribution in [2.75, 3.05) is 6.54 Å². The molecule has 0 aliphatic carbocycles. The Morgan fingerprint density at radius 3 is 2.52 bits per heavy atom. The van der Waals surface area contributed by atoms with Crippen LogP contribution in [-0.4, -0.2) is 23.6 Å². The highest BCUT2D eigenvalue weighted by atomic mass is 35.5. The van der Waals surface area contributed by atoms with Crippen molar-refractivity contribution in [2.24, 2.45) is 16.8 Å². The molecule has 4 N–H and O–H groups in total. The molecule has 0 bridgehead atoms. The Morgan fingerprint density at radius 2 is 2.00 bits per heavy atom. The highest BCUT2D eigenvalue weighted by Crippen LogP contribution is 2.20. The van der Waals surface area contributed by atoms with Crippen molar-refractivity contribution in [3.63, 3.8) is 0 Å². The van der Waals surface area contributed by atoms with Crippen molar-refractivity contribution in [2.45, 2.75) is 19.5 Å². The molecule has 0 heterocycles. The van der Waals surface area contributed by atoms with E-state index >= 15 is 0 Å². The van der Waals surface area contributed by atoms with Gasteiger partial charge in [0.15, 0.2) is 5.84 Å². The van der Waals surface area contributed by atoms with Gasteiger partial charge in [0.2, 0.25) is 0 Å². The summed E-state index contributed by atoms with van der Waals surface area (Å²) in [6.45, 7) is 1.84. The molecule has 4 nitrogen and oxygen atoms in total. The smallest absolute Gasteiger partial charge is 0.321 e. The third kappa shape index (κ3) is 6.33.